The van der Waals surface area contributed by atoms with E-state index in [1.807, 2.05) is 49.1 Å². The highest BCUT2D eigenvalue weighted by atomic mass is 16.2. The molecule has 2 aromatic rings. The maximum atomic E-state index is 12.3. The Balaban J connectivity index is 1.64. The lowest BCUT2D eigenvalue weighted by Crippen LogP contribution is -2.51. The summed E-state index contributed by atoms with van der Waals surface area (Å²) >= 11 is 0. The summed E-state index contributed by atoms with van der Waals surface area (Å²) in [6, 6.07) is 10.1. The second kappa shape index (κ2) is 7.40. The molecule has 1 aromatic carbocycles. The molecule has 1 aromatic heterocycles. The number of aromatic amines is 1. The number of pyridine rings is 1. The number of benzene rings is 1. The number of nitrogens with one attached hydrogen (secondary N) is 2. The molecule has 0 saturated carbocycles. The second-order valence-corrected chi connectivity index (χ2v) is 7.40. The van der Waals surface area contributed by atoms with Crippen LogP contribution in [0.3, 0.4) is 0 Å². The Labute approximate surface area is 148 Å². The quantitative estimate of drug-likeness (QED) is 0.898. The number of aromatic nitrogens is 1. The second-order valence-electron chi connectivity index (χ2n) is 7.40. The molecule has 25 heavy (non-hydrogen) atoms. The van der Waals surface area contributed by atoms with E-state index in [2.05, 4.69) is 17.2 Å². The lowest BCUT2D eigenvalue weighted by atomic mass is 9.93. The van der Waals surface area contributed by atoms with Crippen molar-refractivity contribution in [2.75, 3.05) is 13.1 Å². The van der Waals surface area contributed by atoms with Gasteiger partial charge in [-0.2, -0.15) is 0 Å². The molecule has 0 aliphatic carbocycles. The number of piperidine rings is 1. The van der Waals surface area contributed by atoms with E-state index < -0.39 is 0 Å². The van der Waals surface area contributed by atoms with Crippen LogP contribution in [-0.2, 0) is 11.3 Å². The zero-order valence-corrected chi connectivity index (χ0v) is 15.2. The Morgan fingerprint density at radius 2 is 2.12 bits per heavy atom. The molecular formula is C20H27N3O2. The lowest BCUT2D eigenvalue weighted by Gasteiger charge is -2.38. The van der Waals surface area contributed by atoms with Gasteiger partial charge < -0.3 is 15.2 Å². The first-order valence-electron chi connectivity index (χ1n) is 9.09. The molecule has 2 atom stereocenters. The Bertz CT molecular complexity index is 812. The molecule has 1 saturated heterocycles. The number of amides is 1. The maximum absolute atomic E-state index is 12.3. The first-order chi connectivity index (χ1) is 12.0. The molecular weight excluding hydrogens is 314 g/mol. The summed E-state index contributed by atoms with van der Waals surface area (Å²) in [6.45, 7) is 8.18. The van der Waals surface area contributed by atoms with Crippen LogP contribution >= 0.6 is 0 Å². The van der Waals surface area contributed by atoms with Crippen LogP contribution in [0.15, 0.2) is 35.1 Å². The topological polar surface area (TPSA) is 65.2 Å². The van der Waals surface area contributed by atoms with Gasteiger partial charge in [0, 0.05) is 42.7 Å². The van der Waals surface area contributed by atoms with Gasteiger partial charge in [-0.1, -0.05) is 39.0 Å². The van der Waals surface area contributed by atoms with E-state index in [9.17, 15) is 9.59 Å². The van der Waals surface area contributed by atoms with Crippen molar-refractivity contribution < 1.29 is 4.79 Å². The minimum atomic E-state index is -0.0359. The van der Waals surface area contributed by atoms with Gasteiger partial charge in [-0.05, 0) is 29.9 Å². The number of carbonyl (C=O) groups excluding carboxylic acids is 1. The first kappa shape index (κ1) is 17.7. The molecule has 0 unspecified atom stereocenters. The smallest absolute Gasteiger partial charge is 0.252 e. The third-order valence-electron chi connectivity index (χ3n) is 5.10. The van der Waals surface area contributed by atoms with E-state index in [1.165, 1.54) is 0 Å². The number of likely N-dealkylation sites (tertiary alicyclic amines) is 1. The van der Waals surface area contributed by atoms with Crippen molar-refractivity contribution >= 4 is 16.8 Å². The number of H-pyrrole nitrogens is 1. The average molecular weight is 341 g/mol. The van der Waals surface area contributed by atoms with Gasteiger partial charge in [-0.3, -0.25) is 9.59 Å². The van der Waals surface area contributed by atoms with Crippen LogP contribution in [0, 0.1) is 11.8 Å². The molecule has 1 amide bonds. The van der Waals surface area contributed by atoms with Crippen molar-refractivity contribution in [1.29, 1.82) is 0 Å². The molecule has 5 heteroatoms. The van der Waals surface area contributed by atoms with Crippen molar-refractivity contribution in [1.82, 2.24) is 15.2 Å². The Hall–Kier alpha value is -2.14. The van der Waals surface area contributed by atoms with Crippen LogP contribution < -0.4 is 10.9 Å². The number of para-hydroxylation sites is 1. The SMILES string of the molecule is CC(C)C(=O)N1CC[C@H](NCc2cc3ccccc3[nH]c2=O)[C@H](C)C1. The number of nitrogens with zero attached hydrogens (tertiary/aromatic N) is 1. The molecule has 2 heterocycles. The Morgan fingerprint density at radius 1 is 1.36 bits per heavy atom. The van der Waals surface area contributed by atoms with Crippen LogP contribution in [0.25, 0.3) is 10.9 Å². The van der Waals surface area contributed by atoms with Gasteiger partial charge in [0.1, 0.15) is 0 Å². The molecule has 0 bridgehead atoms. The minimum absolute atomic E-state index is 0.0359. The fourth-order valence-electron chi connectivity index (χ4n) is 3.58. The minimum Gasteiger partial charge on any atom is -0.342 e. The van der Waals surface area contributed by atoms with Crippen LogP contribution in [0.2, 0.25) is 0 Å². The van der Waals surface area contributed by atoms with E-state index in [0.717, 1.165) is 36.0 Å². The molecule has 0 radical (unpaired) electrons. The van der Waals surface area contributed by atoms with Crippen molar-refractivity contribution in [3.63, 3.8) is 0 Å². The number of rotatable bonds is 4. The summed E-state index contributed by atoms with van der Waals surface area (Å²) in [6.07, 6.45) is 0.922. The predicted octanol–water partition coefficient (Wildman–Crippen LogP) is 2.51. The molecule has 5 nitrogen and oxygen atoms in total. The summed E-state index contributed by atoms with van der Waals surface area (Å²) < 4.78 is 0. The summed E-state index contributed by atoms with van der Waals surface area (Å²) in [4.78, 5) is 29.3. The molecule has 1 aliphatic heterocycles. The number of fused-ring (bicyclic) bond motifs is 1. The van der Waals surface area contributed by atoms with Gasteiger partial charge in [0.25, 0.3) is 5.56 Å². The van der Waals surface area contributed by atoms with Gasteiger partial charge in [0.2, 0.25) is 5.91 Å². The van der Waals surface area contributed by atoms with Crippen LogP contribution in [0.5, 0.6) is 0 Å². The molecule has 1 fully saturated rings. The van der Waals surface area contributed by atoms with E-state index in [1.54, 1.807) is 0 Å². The summed E-state index contributed by atoms with van der Waals surface area (Å²) in [7, 11) is 0. The van der Waals surface area contributed by atoms with E-state index in [4.69, 9.17) is 0 Å². The molecule has 3 rings (SSSR count). The predicted molar refractivity (Wildman–Crippen MR) is 100 cm³/mol. The van der Waals surface area contributed by atoms with Crippen molar-refractivity contribution in [2.45, 2.75) is 39.8 Å². The molecule has 0 spiro atoms. The van der Waals surface area contributed by atoms with E-state index >= 15 is 0 Å². The van der Waals surface area contributed by atoms with Gasteiger partial charge in [0.05, 0.1) is 0 Å². The van der Waals surface area contributed by atoms with Gasteiger partial charge in [-0.25, -0.2) is 0 Å². The van der Waals surface area contributed by atoms with Gasteiger partial charge >= 0.3 is 0 Å². The fraction of sp³-hybridized carbons (Fsp3) is 0.500. The van der Waals surface area contributed by atoms with Crippen molar-refractivity contribution in [2.24, 2.45) is 11.8 Å². The third kappa shape index (κ3) is 3.93. The van der Waals surface area contributed by atoms with Gasteiger partial charge in [0.15, 0.2) is 0 Å². The number of hydrogen-bond donors (Lipinski definition) is 2. The van der Waals surface area contributed by atoms with E-state index in [0.29, 0.717) is 18.5 Å². The molecule has 2 N–H and O–H groups in total. The van der Waals surface area contributed by atoms with Crippen molar-refractivity contribution in [3.8, 4) is 0 Å². The molecule has 134 valence electrons. The Morgan fingerprint density at radius 3 is 2.84 bits per heavy atom. The highest BCUT2D eigenvalue weighted by molar-refractivity contribution is 5.79. The fourth-order valence-corrected chi connectivity index (χ4v) is 3.58. The normalized spacial score (nSPS) is 21.0. The molecule has 1 aliphatic rings. The standard InChI is InChI=1S/C20H27N3O2/c1-13(2)20(25)23-9-8-17(14(3)12-23)21-11-16-10-15-6-4-5-7-18(15)22-19(16)24/h4-7,10,13-14,17,21H,8-9,11-12H2,1-3H3,(H,22,24)/t14-,17+/m1/s1. The highest BCUT2D eigenvalue weighted by Crippen LogP contribution is 2.19. The maximum Gasteiger partial charge on any atom is 0.252 e. The zero-order valence-electron chi connectivity index (χ0n) is 15.2. The van der Waals surface area contributed by atoms with Gasteiger partial charge in [-0.15, -0.1) is 0 Å². The lowest BCUT2D eigenvalue weighted by molar-refractivity contribution is -0.136. The number of hydrogen-bond acceptors (Lipinski definition) is 3. The third-order valence-corrected chi connectivity index (χ3v) is 5.10. The average Bonchev–Trinajstić information content (AvgIpc) is 2.60. The Kier molecular flexibility index (Phi) is 5.23. The summed E-state index contributed by atoms with van der Waals surface area (Å²) in [5, 5.41) is 4.57. The zero-order chi connectivity index (χ0) is 18.0. The van der Waals surface area contributed by atoms with Crippen LogP contribution in [0.1, 0.15) is 32.8 Å². The monoisotopic (exact) mass is 341 g/mol. The first-order valence-corrected chi connectivity index (χ1v) is 9.09. The van der Waals surface area contributed by atoms with Crippen molar-refractivity contribution in [3.05, 3.63) is 46.2 Å². The van der Waals surface area contributed by atoms with E-state index in [-0.39, 0.29) is 17.4 Å². The summed E-state index contributed by atoms with van der Waals surface area (Å²) in [5.74, 6) is 0.653. The van der Waals surface area contributed by atoms with Crippen LogP contribution in [-0.4, -0.2) is 34.9 Å². The largest absolute Gasteiger partial charge is 0.342 e. The summed E-state index contributed by atoms with van der Waals surface area (Å²) in [5.41, 5.74) is 1.59. The highest BCUT2D eigenvalue weighted by Gasteiger charge is 2.29. The van der Waals surface area contributed by atoms with Crippen LogP contribution in [0.4, 0.5) is 0 Å². The number of carbonyl (C=O) groups is 1.